The minimum absolute atomic E-state index is 0.101. The highest BCUT2D eigenvalue weighted by Gasteiger charge is 2.42. The van der Waals surface area contributed by atoms with Gasteiger partial charge in [-0.05, 0) is 54.6 Å². The molecule has 1 saturated heterocycles. The summed E-state index contributed by atoms with van der Waals surface area (Å²) in [5.41, 5.74) is 0.306. The number of carboxylic acid groups (broad SMARTS) is 1. The molecular weight excluding hydrogens is 310 g/mol. The molecule has 0 atom stereocenters. The zero-order valence-electron chi connectivity index (χ0n) is 13.2. The number of rotatable bonds is 5. The highest BCUT2D eigenvalue weighted by Crippen LogP contribution is 2.43. The van der Waals surface area contributed by atoms with Crippen LogP contribution in [-0.4, -0.2) is 34.0 Å². The number of amides is 1. The normalized spacial score (nSPS) is 26.1. The van der Waals surface area contributed by atoms with Crippen molar-refractivity contribution >= 4 is 23.6 Å². The molecule has 0 radical (unpaired) electrons. The number of hydrogen-bond acceptors (Lipinski definition) is 3. The molecular formula is C18H23NO3S. The van der Waals surface area contributed by atoms with Gasteiger partial charge in [-0.15, -0.1) is 0 Å². The molecule has 124 valence electrons. The average Bonchev–Trinajstić information content (AvgIpc) is 2.52. The number of carbonyl (C=O) groups excluding carboxylic acids is 1. The molecule has 1 aliphatic carbocycles. The molecule has 0 bridgehead atoms. The van der Waals surface area contributed by atoms with Gasteiger partial charge in [0.2, 0.25) is 5.91 Å². The third-order valence-electron chi connectivity index (χ3n) is 5.12. The molecule has 1 aromatic carbocycles. The molecule has 1 amide bonds. The molecule has 23 heavy (non-hydrogen) atoms. The second-order valence-electron chi connectivity index (χ2n) is 6.70. The maximum Gasteiger partial charge on any atom is 0.329 e. The van der Waals surface area contributed by atoms with Crippen molar-refractivity contribution in [3.05, 3.63) is 35.9 Å². The van der Waals surface area contributed by atoms with Gasteiger partial charge in [0.15, 0.2) is 0 Å². The summed E-state index contributed by atoms with van der Waals surface area (Å²) in [4.78, 5) is 23.9. The summed E-state index contributed by atoms with van der Waals surface area (Å²) >= 11 is 1.75. The molecule has 3 rings (SSSR count). The first-order chi connectivity index (χ1) is 11.1. The Morgan fingerprint density at radius 3 is 2.43 bits per heavy atom. The van der Waals surface area contributed by atoms with Crippen molar-refractivity contribution in [3.63, 3.8) is 0 Å². The fourth-order valence-electron chi connectivity index (χ4n) is 3.59. The number of carbonyl (C=O) groups is 2. The number of nitrogens with one attached hydrogen (secondary N) is 1. The van der Waals surface area contributed by atoms with E-state index in [1.54, 1.807) is 11.8 Å². The van der Waals surface area contributed by atoms with Crippen molar-refractivity contribution in [2.45, 2.75) is 43.6 Å². The van der Waals surface area contributed by atoms with Crippen LogP contribution in [0.4, 0.5) is 0 Å². The van der Waals surface area contributed by atoms with E-state index in [1.165, 1.54) is 5.56 Å². The maximum atomic E-state index is 12.3. The number of thioether (sulfide) groups is 1. The van der Waals surface area contributed by atoms with Crippen molar-refractivity contribution in [1.29, 1.82) is 0 Å². The topological polar surface area (TPSA) is 66.4 Å². The number of carboxylic acids is 1. The van der Waals surface area contributed by atoms with Crippen molar-refractivity contribution < 1.29 is 14.7 Å². The third kappa shape index (κ3) is 3.71. The van der Waals surface area contributed by atoms with Crippen LogP contribution in [0, 0.1) is 5.92 Å². The summed E-state index contributed by atoms with van der Waals surface area (Å²) in [6, 6.07) is 10.4. The Labute approximate surface area is 141 Å². The van der Waals surface area contributed by atoms with Gasteiger partial charge in [-0.2, -0.15) is 11.8 Å². The van der Waals surface area contributed by atoms with Gasteiger partial charge in [0, 0.05) is 6.42 Å². The summed E-state index contributed by atoms with van der Waals surface area (Å²) in [6.45, 7) is 0. The van der Waals surface area contributed by atoms with Crippen molar-refractivity contribution in [2.75, 3.05) is 11.5 Å². The second-order valence-corrected chi connectivity index (χ2v) is 7.92. The first kappa shape index (κ1) is 16.4. The van der Waals surface area contributed by atoms with Crippen LogP contribution in [0.2, 0.25) is 0 Å². The first-order valence-corrected chi connectivity index (χ1v) is 9.42. The van der Waals surface area contributed by atoms with E-state index in [1.807, 2.05) is 18.2 Å². The van der Waals surface area contributed by atoms with Crippen LogP contribution in [0.1, 0.15) is 43.6 Å². The second kappa shape index (κ2) is 6.95. The SMILES string of the molecule is O=C(CC1CC(c2ccccc2)C1)NC1(C(=O)O)CCSCC1. The molecule has 0 aromatic heterocycles. The Morgan fingerprint density at radius 2 is 1.83 bits per heavy atom. The molecule has 1 aliphatic heterocycles. The molecule has 1 aromatic rings. The fraction of sp³-hybridized carbons (Fsp3) is 0.556. The smallest absolute Gasteiger partial charge is 0.329 e. The standard InChI is InChI=1S/C18H23NO3S/c20-16(19-18(17(21)22)6-8-23-9-7-18)12-13-10-15(11-13)14-4-2-1-3-5-14/h1-5,13,15H,6-12H2,(H,19,20)(H,21,22). The molecule has 1 saturated carbocycles. The van der Waals surface area contributed by atoms with Crippen LogP contribution < -0.4 is 5.32 Å². The summed E-state index contributed by atoms with van der Waals surface area (Å²) in [7, 11) is 0. The fourth-order valence-corrected chi connectivity index (χ4v) is 4.78. The van der Waals surface area contributed by atoms with Gasteiger partial charge in [-0.1, -0.05) is 30.3 Å². The monoisotopic (exact) mass is 333 g/mol. The van der Waals surface area contributed by atoms with E-state index in [9.17, 15) is 14.7 Å². The zero-order chi connectivity index (χ0) is 16.3. The molecule has 2 N–H and O–H groups in total. The number of aliphatic carboxylic acids is 1. The highest BCUT2D eigenvalue weighted by atomic mass is 32.2. The van der Waals surface area contributed by atoms with E-state index in [4.69, 9.17) is 0 Å². The lowest BCUT2D eigenvalue weighted by atomic mass is 9.70. The van der Waals surface area contributed by atoms with Gasteiger partial charge in [0.25, 0.3) is 0 Å². The average molecular weight is 333 g/mol. The minimum atomic E-state index is -1.04. The van der Waals surface area contributed by atoms with Gasteiger partial charge in [0.1, 0.15) is 5.54 Å². The largest absolute Gasteiger partial charge is 0.480 e. The highest BCUT2D eigenvalue weighted by molar-refractivity contribution is 7.99. The quantitative estimate of drug-likeness (QED) is 0.869. The predicted molar refractivity (Wildman–Crippen MR) is 91.6 cm³/mol. The minimum Gasteiger partial charge on any atom is -0.480 e. The van der Waals surface area contributed by atoms with Crippen LogP contribution in [0.25, 0.3) is 0 Å². The van der Waals surface area contributed by atoms with Crippen LogP contribution in [0.5, 0.6) is 0 Å². The summed E-state index contributed by atoms with van der Waals surface area (Å²) in [6.07, 6.45) is 3.54. The Balaban J connectivity index is 1.49. The number of hydrogen-bond donors (Lipinski definition) is 2. The van der Waals surface area contributed by atoms with E-state index in [-0.39, 0.29) is 5.91 Å². The van der Waals surface area contributed by atoms with E-state index in [0.29, 0.717) is 31.1 Å². The molecule has 4 nitrogen and oxygen atoms in total. The van der Waals surface area contributed by atoms with Crippen molar-refractivity contribution in [1.82, 2.24) is 5.32 Å². The first-order valence-electron chi connectivity index (χ1n) is 8.26. The molecule has 5 heteroatoms. The molecule has 0 spiro atoms. The Bertz CT molecular complexity index is 563. The van der Waals surface area contributed by atoms with E-state index in [0.717, 1.165) is 24.3 Å². The van der Waals surface area contributed by atoms with Crippen LogP contribution >= 0.6 is 11.8 Å². The Morgan fingerprint density at radius 1 is 1.17 bits per heavy atom. The lowest BCUT2D eigenvalue weighted by molar-refractivity contribution is -0.148. The van der Waals surface area contributed by atoms with Gasteiger partial charge in [0.05, 0.1) is 0 Å². The Kier molecular flexibility index (Phi) is 4.95. The van der Waals surface area contributed by atoms with Gasteiger partial charge >= 0.3 is 5.97 Å². The van der Waals surface area contributed by atoms with Gasteiger partial charge in [-0.3, -0.25) is 4.79 Å². The van der Waals surface area contributed by atoms with Crippen LogP contribution in [0.15, 0.2) is 30.3 Å². The van der Waals surface area contributed by atoms with Crippen LogP contribution in [0.3, 0.4) is 0 Å². The van der Waals surface area contributed by atoms with Gasteiger partial charge in [-0.25, -0.2) is 4.79 Å². The molecule has 2 aliphatic rings. The van der Waals surface area contributed by atoms with Crippen molar-refractivity contribution in [2.24, 2.45) is 5.92 Å². The van der Waals surface area contributed by atoms with E-state index in [2.05, 4.69) is 17.4 Å². The summed E-state index contributed by atoms with van der Waals surface area (Å²) in [5.74, 6) is 1.54. The Hall–Kier alpha value is -1.49. The molecule has 1 heterocycles. The van der Waals surface area contributed by atoms with Crippen LogP contribution in [-0.2, 0) is 9.59 Å². The van der Waals surface area contributed by atoms with Crippen molar-refractivity contribution in [3.8, 4) is 0 Å². The lowest BCUT2D eigenvalue weighted by Gasteiger charge is -2.37. The van der Waals surface area contributed by atoms with Gasteiger partial charge < -0.3 is 10.4 Å². The summed E-state index contributed by atoms with van der Waals surface area (Å²) < 4.78 is 0. The number of benzene rings is 1. The third-order valence-corrected chi connectivity index (χ3v) is 6.10. The maximum absolute atomic E-state index is 12.3. The molecule has 2 fully saturated rings. The van der Waals surface area contributed by atoms with E-state index >= 15 is 0 Å². The summed E-state index contributed by atoms with van der Waals surface area (Å²) in [5, 5.41) is 12.3. The predicted octanol–water partition coefficient (Wildman–Crippen LogP) is 3.04. The zero-order valence-corrected chi connectivity index (χ0v) is 14.0. The lowest BCUT2D eigenvalue weighted by Crippen LogP contribution is -2.56. The molecule has 0 unspecified atom stereocenters. The van der Waals surface area contributed by atoms with E-state index < -0.39 is 11.5 Å².